The maximum Gasteiger partial charge on any atom is 0.275 e. The molecule has 0 saturated heterocycles. The summed E-state index contributed by atoms with van der Waals surface area (Å²) in [6.07, 6.45) is 1.12. The lowest BCUT2D eigenvalue weighted by molar-refractivity contribution is 0.102. The second-order valence-corrected chi connectivity index (χ2v) is 6.93. The van der Waals surface area contributed by atoms with Gasteiger partial charge >= 0.3 is 0 Å². The van der Waals surface area contributed by atoms with Crippen LogP contribution in [0.15, 0.2) is 53.9 Å². The third-order valence-electron chi connectivity index (χ3n) is 3.62. The molecular formula is C20H16ClN3O2S. The number of unbranched alkanes of at least 4 members (excludes halogenated alkanes) is 1. The van der Waals surface area contributed by atoms with Gasteiger partial charge in [0, 0.05) is 34.1 Å². The van der Waals surface area contributed by atoms with Crippen LogP contribution in [0, 0.1) is 11.3 Å². The highest BCUT2D eigenvalue weighted by atomic mass is 35.5. The van der Waals surface area contributed by atoms with Crippen molar-refractivity contribution in [2.75, 3.05) is 11.9 Å². The van der Waals surface area contributed by atoms with Crippen molar-refractivity contribution in [1.82, 2.24) is 4.98 Å². The number of aromatic nitrogens is 1. The molecule has 0 spiro atoms. The summed E-state index contributed by atoms with van der Waals surface area (Å²) in [5, 5.41) is 14.5. The van der Waals surface area contributed by atoms with Crippen LogP contribution < -0.4 is 10.1 Å². The minimum Gasteiger partial charge on any atom is -0.493 e. The molecular weight excluding hydrogens is 382 g/mol. The Morgan fingerprint density at radius 2 is 2.07 bits per heavy atom. The summed E-state index contributed by atoms with van der Waals surface area (Å²) in [4.78, 5) is 16.9. The van der Waals surface area contributed by atoms with Crippen molar-refractivity contribution >= 4 is 34.5 Å². The summed E-state index contributed by atoms with van der Waals surface area (Å²) in [7, 11) is 0. The lowest BCUT2D eigenvalue weighted by Crippen LogP contribution is -2.12. The number of ether oxygens (including phenoxy) is 1. The molecule has 0 unspecified atom stereocenters. The molecule has 27 heavy (non-hydrogen) atoms. The van der Waals surface area contributed by atoms with Crippen LogP contribution in [0.5, 0.6) is 5.75 Å². The van der Waals surface area contributed by atoms with Crippen molar-refractivity contribution in [2.24, 2.45) is 0 Å². The van der Waals surface area contributed by atoms with E-state index in [0.717, 1.165) is 10.6 Å². The molecule has 7 heteroatoms. The Balaban J connectivity index is 1.64. The molecule has 0 saturated carbocycles. The predicted molar refractivity (Wildman–Crippen MR) is 107 cm³/mol. The molecule has 0 bridgehead atoms. The van der Waals surface area contributed by atoms with E-state index in [0.29, 0.717) is 41.6 Å². The quantitative estimate of drug-likeness (QED) is 0.541. The molecule has 0 aliphatic carbocycles. The van der Waals surface area contributed by atoms with Crippen LogP contribution in [0.3, 0.4) is 0 Å². The Kier molecular flexibility index (Phi) is 6.42. The summed E-state index contributed by atoms with van der Waals surface area (Å²) in [5.41, 5.74) is 1.89. The summed E-state index contributed by atoms with van der Waals surface area (Å²) in [6, 6.07) is 16.5. The summed E-state index contributed by atoms with van der Waals surface area (Å²) < 4.78 is 5.58. The van der Waals surface area contributed by atoms with Gasteiger partial charge in [0.15, 0.2) is 0 Å². The fourth-order valence-corrected chi connectivity index (χ4v) is 3.24. The van der Waals surface area contributed by atoms with E-state index >= 15 is 0 Å². The van der Waals surface area contributed by atoms with Gasteiger partial charge in [-0.2, -0.15) is 5.26 Å². The lowest BCUT2D eigenvalue weighted by Gasteiger charge is -2.08. The van der Waals surface area contributed by atoms with E-state index in [1.807, 2.05) is 18.2 Å². The standard InChI is InChI=1S/C20H16ClN3O2S/c21-15-8-6-14(7-9-15)20-24-18(13-27-20)19(25)23-16-4-3-5-17(12-16)26-11-2-1-10-22/h3-9,12-13H,1-2,11H2,(H,23,25). The van der Waals surface area contributed by atoms with E-state index in [2.05, 4.69) is 16.4 Å². The fraction of sp³-hybridized carbons (Fsp3) is 0.150. The molecule has 136 valence electrons. The zero-order chi connectivity index (χ0) is 19.1. The molecule has 3 aromatic rings. The van der Waals surface area contributed by atoms with E-state index < -0.39 is 0 Å². The summed E-state index contributed by atoms with van der Waals surface area (Å²) >= 11 is 7.30. The summed E-state index contributed by atoms with van der Waals surface area (Å²) in [6.45, 7) is 0.460. The lowest BCUT2D eigenvalue weighted by atomic mass is 10.2. The summed E-state index contributed by atoms with van der Waals surface area (Å²) in [5.74, 6) is 0.360. The average Bonchev–Trinajstić information content (AvgIpc) is 3.16. The third kappa shape index (κ3) is 5.30. The number of carbonyl (C=O) groups excluding carboxylic acids is 1. The van der Waals surface area contributed by atoms with Gasteiger partial charge < -0.3 is 10.1 Å². The molecule has 5 nitrogen and oxygen atoms in total. The molecule has 0 radical (unpaired) electrons. The molecule has 0 atom stereocenters. The van der Waals surface area contributed by atoms with Crippen molar-refractivity contribution in [1.29, 1.82) is 5.26 Å². The fourth-order valence-electron chi connectivity index (χ4n) is 2.30. The van der Waals surface area contributed by atoms with E-state index in [4.69, 9.17) is 21.6 Å². The first-order valence-electron chi connectivity index (χ1n) is 8.28. The first-order chi connectivity index (χ1) is 13.2. The molecule has 1 N–H and O–H groups in total. The SMILES string of the molecule is N#CCCCOc1cccc(NC(=O)c2csc(-c3ccc(Cl)cc3)n2)c1. The maximum absolute atomic E-state index is 12.5. The van der Waals surface area contributed by atoms with E-state index in [-0.39, 0.29) is 5.91 Å². The average molecular weight is 398 g/mol. The van der Waals surface area contributed by atoms with E-state index in [9.17, 15) is 4.79 Å². The second kappa shape index (κ2) is 9.17. The van der Waals surface area contributed by atoms with Crippen LogP contribution in [0.25, 0.3) is 10.6 Å². The number of hydrogen-bond donors (Lipinski definition) is 1. The van der Waals surface area contributed by atoms with E-state index in [1.165, 1.54) is 11.3 Å². The Bertz CT molecular complexity index is 964. The number of amides is 1. The van der Waals surface area contributed by atoms with Gasteiger partial charge in [-0.1, -0.05) is 29.8 Å². The molecule has 0 fully saturated rings. The molecule has 1 aromatic heterocycles. The van der Waals surface area contributed by atoms with Gasteiger partial charge in [-0.15, -0.1) is 11.3 Å². The number of hydrogen-bond acceptors (Lipinski definition) is 5. The normalized spacial score (nSPS) is 10.2. The van der Waals surface area contributed by atoms with Gasteiger partial charge in [0.1, 0.15) is 16.5 Å². The first-order valence-corrected chi connectivity index (χ1v) is 9.54. The Hall–Kier alpha value is -2.88. The number of nitrogens with one attached hydrogen (secondary N) is 1. The minimum absolute atomic E-state index is 0.284. The highest BCUT2D eigenvalue weighted by Gasteiger charge is 2.12. The number of carbonyl (C=O) groups is 1. The van der Waals surface area contributed by atoms with Crippen molar-refractivity contribution in [3.05, 3.63) is 64.6 Å². The number of anilines is 1. The molecule has 1 amide bonds. The molecule has 3 rings (SSSR count). The van der Waals surface area contributed by atoms with Crippen LogP contribution in [-0.2, 0) is 0 Å². The monoisotopic (exact) mass is 397 g/mol. The van der Waals surface area contributed by atoms with E-state index in [1.54, 1.807) is 35.7 Å². The Morgan fingerprint density at radius 1 is 1.26 bits per heavy atom. The molecule has 2 aromatic carbocycles. The number of nitrogens with zero attached hydrogens (tertiary/aromatic N) is 2. The second-order valence-electron chi connectivity index (χ2n) is 5.64. The number of thiazole rings is 1. The Labute approximate surface area is 166 Å². The van der Waals surface area contributed by atoms with Gasteiger partial charge in [0.05, 0.1) is 12.7 Å². The smallest absolute Gasteiger partial charge is 0.275 e. The third-order valence-corrected chi connectivity index (χ3v) is 4.76. The number of halogens is 1. The minimum atomic E-state index is -0.284. The Morgan fingerprint density at radius 3 is 2.85 bits per heavy atom. The van der Waals surface area contributed by atoms with Gasteiger partial charge in [-0.3, -0.25) is 4.79 Å². The zero-order valence-corrected chi connectivity index (χ0v) is 15.9. The topological polar surface area (TPSA) is 75.0 Å². The number of nitriles is 1. The van der Waals surface area contributed by atoms with Crippen LogP contribution >= 0.6 is 22.9 Å². The van der Waals surface area contributed by atoms with Crippen LogP contribution in [0.4, 0.5) is 5.69 Å². The van der Waals surface area contributed by atoms with Gasteiger partial charge in [0.2, 0.25) is 0 Å². The van der Waals surface area contributed by atoms with Gasteiger partial charge in [-0.05, 0) is 30.7 Å². The van der Waals surface area contributed by atoms with Crippen molar-refractivity contribution in [3.8, 4) is 22.4 Å². The zero-order valence-electron chi connectivity index (χ0n) is 14.3. The predicted octanol–water partition coefficient (Wildman–Crippen LogP) is 5.40. The van der Waals surface area contributed by atoms with Crippen LogP contribution in [0.2, 0.25) is 5.02 Å². The van der Waals surface area contributed by atoms with Crippen molar-refractivity contribution in [2.45, 2.75) is 12.8 Å². The van der Waals surface area contributed by atoms with Crippen molar-refractivity contribution < 1.29 is 9.53 Å². The highest BCUT2D eigenvalue weighted by molar-refractivity contribution is 7.13. The largest absolute Gasteiger partial charge is 0.493 e. The molecule has 0 aliphatic rings. The highest BCUT2D eigenvalue weighted by Crippen LogP contribution is 2.26. The maximum atomic E-state index is 12.5. The van der Waals surface area contributed by atoms with Crippen molar-refractivity contribution in [3.63, 3.8) is 0 Å². The number of benzene rings is 2. The van der Waals surface area contributed by atoms with Gasteiger partial charge in [0.25, 0.3) is 5.91 Å². The number of rotatable bonds is 7. The van der Waals surface area contributed by atoms with Gasteiger partial charge in [-0.25, -0.2) is 4.98 Å². The van der Waals surface area contributed by atoms with Crippen LogP contribution in [-0.4, -0.2) is 17.5 Å². The molecule has 1 heterocycles. The first kappa shape index (κ1) is 18.9. The molecule has 0 aliphatic heterocycles. The van der Waals surface area contributed by atoms with Crippen LogP contribution in [0.1, 0.15) is 23.3 Å².